The Hall–Kier alpha value is -1.02. The van der Waals surface area contributed by atoms with Gasteiger partial charge in [-0.05, 0) is 44.0 Å². The third kappa shape index (κ3) is 4.34. The number of ketones is 1. The van der Waals surface area contributed by atoms with Gasteiger partial charge in [-0.3, -0.25) is 4.79 Å². The highest BCUT2D eigenvalue weighted by atomic mass is 35.5. The Kier molecular flexibility index (Phi) is 5.19. The van der Waals surface area contributed by atoms with Gasteiger partial charge in [0.1, 0.15) is 5.75 Å². The van der Waals surface area contributed by atoms with Crippen molar-refractivity contribution in [3.05, 3.63) is 29.8 Å². The SMILES string of the molecule is CC(=O)c1ccc(OCCCCCl)cc1. The average molecular weight is 227 g/mol. The van der Waals surface area contributed by atoms with Gasteiger partial charge >= 0.3 is 0 Å². The first-order chi connectivity index (χ1) is 7.24. The molecule has 1 aromatic rings. The molecule has 0 amide bonds. The Labute approximate surface area is 95.2 Å². The van der Waals surface area contributed by atoms with E-state index in [1.54, 1.807) is 19.1 Å². The van der Waals surface area contributed by atoms with Gasteiger partial charge in [0.05, 0.1) is 6.61 Å². The maximum atomic E-state index is 11.0. The zero-order valence-electron chi connectivity index (χ0n) is 8.83. The molecule has 0 bridgehead atoms. The first kappa shape index (κ1) is 12.1. The second-order valence-electron chi connectivity index (χ2n) is 3.33. The van der Waals surface area contributed by atoms with Crippen LogP contribution in [0.4, 0.5) is 0 Å². The Morgan fingerprint density at radius 2 is 1.93 bits per heavy atom. The molecule has 0 saturated carbocycles. The minimum Gasteiger partial charge on any atom is -0.494 e. The van der Waals surface area contributed by atoms with Crippen molar-refractivity contribution in [1.82, 2.24) is 0 Å². The topological polar surface area (TPSA) is 26.3 Å². The van der Waals surface area contributed by atoms with Gasteiger partial charge in [0.15, 0.2) is 5.78 Å². The lowest BCUT2D eigenvalue weighted by Crippen LogP contribution is -1.98. The van der Waals surface area contributed by atoms with E-state index in [0.29, 0.717) is 18.1 Å². The molecule has 0 atom stereocenters. The maximum absolute atomic E-state index is 11.0. The van der Waals surface area contributed by atoms with Gasteiger partial charge < -0.3 is 4.74 Å². The molecule has 0 aliphatic heterocycles. The smallest absolute Gasteiger partial charge is 0.159 e. The molecule has 1 rings (SSSR count). The molecular formula is C12H15ClO2. The zero-order valence-corrected chi connectivity index (χ0v) is 9.59. The lowest BCUT2D eigenvalue weighted by molar-refractivity contribution is 0.101. The van der Waals surface area contributed by atoms with Crippen LogP contribution in [0.5, 0.6) is 5.75 Å². The number of Topliss-reactive ketones (excluding diaryl/α,β-unsaturated/α-hetero) is 1. The predicted octanol–water partition coefficient (Wildman–Crippen LogP) is 3.29. The third-order valence-electron chi connectivity index (χ3n) is 2.06. The number of carbonyl (C=O) groups is 1. The van der Waals surface area contributed by atoms with E-state index in [-0.39, 0.29) is 5.78 Å². The average Bonchev–Trinajstić information content (AvgIpc) is 2.25. The minimum atomic E-state index is 0.0729. The highest BCUT2D eigenvalue weighted by molar-refractivity contribution is 6.17. The van der Waals surface area contributed by atoms with Crippen molar-refractivity contribution in [1.29, 1.82) is 0 Å². The molecule has 0 radical (unpaired) electrons. The lowest BCUT2D eigenvalue weighted by Gasteiger charge is -2.05. The van der Waals surface area contributed by atoms with Crippen LogP contribution >= 0.6 is 11.6 Å². The molecule has 0 heterocycles. The lowest BCUT2D eigenvalue weighted by atomic mass is 10.1. The van der Waals surface area contributed by atoms with Gasteiger partial charge in [-0.25, -0.2) is 0 Å². The summed E-state index contributed by atoms with van der Waals surface area (Å²) < 4.78 is 5.47. The number of hydrogen-bond acceptors (Lipinski definition) is 2. The van der Waals surface area contributed by atoms with E-state index >= 15 is 0 Å². The van der Waals surface area contributed by atoms with Crippen molar-refractivity contribution in [3.8, 4) is 5.75 Å². The van der Waals surface area contributed by atoms with E-state index in [2.05, 4.69) is 0 Å². The van der Waals surface area contributed by atoms with Gasteiger partial charge in [-0.15, -0.1) is 11.6 Å². The van der Waals surface area contributed by atoms with Gasteiger partial charge in [-0.2, -0.15) is 0 Å². The molecule has 0 saturated heterocycles. The van der Waals surface area contributed by atoms with Gasteiger partial charge in [-0.1, -0.05) is 0 Å². The highest BCUT2D eigenvalue weighted by Crippen LogP contribution is 2.12. The summed E-state index contributed by atoms with van der Waals surface area (Å²) in [6, 6.07) is 7.19. The summed E-state index contributed by atoms with van der Waals surface area (Å²) in [4.78, 5) is 11.0. The van der Waals surface area contributed by atoms with E-state index in [0.717, 1.165) is 18.6 Å². The molecule has 15 heavy (non-hydrogen) atoms. The Morgan fingerprint density at radius 1 is 1.27 bits per heavy atom. The summed E-state index contributed by atoms with van der Waals surface area (Å²) in [6.45, 7) is 2.22. The summed E-state index contributed by atoms with van der Waals surface area (Å²) in [7, 11) is 0. The van der Waals surface area contributed by atoms with E-state index in [4.69, 9.17) is 16.3 Å². The summed E-state index contributed by atoms with van der Waals surface area (Å²) in [6.07, 6.45) is 1.92. The molecule has 3 heteroatoms. The standard InChI is InChI=1S/C12H15ClO2/c1-10(14)11-4-6-12(7-5-11)15-9-3-2-8-13/h4-7H,2-3,8-9H2,1H3. The second-order valence-corrected chi connectivity index (χ2v) is 3.70. The monoisotopic (exact) mass is 226 g/mol. The fourth-order valence-electron chi connectivity index (χ4n) is 1.17. The summed E-state index contributed by atoms with van der Waals surface area (Å²) in [5, 5.41) is 0. The molecule has 0 unspecified atom stereocenters. The van der Waals surface area contributed by atoms with Crippen LogP contribution in [0.15, 0.2) is 24.3 Å². The molecule has 0 aromatic heterocycles. The van der Waals surface area contributed by atoms with Gasteiger partial charge in [0.2, 0.25) is 0 Å². The van der Waals surface area contributed by atoms with Crippen molar-refractivity contribution < 1.29 is 9.53 Å². The van der Waals surface area contributed by atoms with Crippen molar-refractivity contribution in [2.75, 3.05) is 12.5 Å². The zero-order chi connectivity index (χ0) is 11.1. The van der Waals surface area contributed by atoms with Crippen LogP contribution in [0.1, 0.15) is 30.1 Å². The molecule has 0 fully saturated rings. The molecule has 0 N–H and O–H groups in total. The number of halogens is 1. The summed E-state index contributed by atoms with van der Waals surface area (Å²) >= 11 is 5.55. The van der Waals surface area contributed by atoms with Crippen LogP contribution in [0.3, 0.4) is 0 Å². The normalized spacial score (nSPS) is 10.0. The number of carbonyl (C=O) groups excluding carboxylic acids is 1. The van der Waals surface area contributed by atoms with Crippen LogP contribution < -0.4 is 4.74 Å². The molecule has 0 aliphatic carbocycles. The Morgan fingerprint density at radius 3 is 2.47 bits per heavy atom. The molecule has 1 aromatic carbocycles. The Balaban J connectivity index is 2.39. The van der Waals surface area contributed by atoms with E-state index in [9.17, 15) is 4.79 Å². The number of unbranched alkanes of at least 4 members (excludes halogenated alkanes) is 1. The Bertz CT molecular complexity index is 306. The van der Waals surface area contributed by atoms with E-state index < -0.39 is 0 Å². The number of hydrogen-bond donors (Lipinski definition) is 0. The number of rotatable bonds is 6. The number of alkyl halides is 1. The molecular weight excluding hydrogens is 212 g/mol. The van der Waals surface area contributed by atoms with E-state index in [1.165, 1.54) is 0 Å². The molecule has 82 valence electrons. The van der Waals surface area contributed by atoms with Crippen LogP contribution in [-0.2, 0) is 0 Å². The van der Waals surface area contributed by atoms with Crippen LogP contribution in [0.2, 0.25) is 0 Å². The van der Waals surface area contributed by atoms with Gasteiger partial charge in [0.25, 0.3) is 0 Å². The predicted molar refractivity (Wildman–Crippen MR) is 61.9 cm³/mol. The van der Waals surface area contributed by atoms with Crippen molar-refractivity contribution in [2.45, 2.75) is 19.8 Å². The first-order valence-corrected chi connectivity index (χ1v) is 5.57. The fraction of sp³-hybridized carbons (Fsp3) is 0.417. The van der Waals surface area contributed by atoms with Crippen LogP contribution in [-0.4, -0.2) is 18.3 Å². The molecule has 2 nitrogen and oxygen atoms in total. The maximum Gasteiger partial charge on any atom is 0.159 e. The second kappa shape index (κ2) is 6.46. The number of ether oxygens (including phenoxy) is 1. The largest absolute Gasteiger partial charge is 0.494 e. The minimum absolute atomic E-state index is 0.0729. The molecule has 0 aliphatic rings. The van der Waals surface area contributed by atoms with Gasteiger partial charge in [0, 0.05) is 11.4 Å². The van der Waals surface area contributed by atoms with E-state index in [1.807, 2.05) is 12.1 Å². The van der Waals surface area contributed by atoms with Crippen LogP contribution in [0.25, 0.3) is 0 Å². The molecule has 0 spiro atoms. The van der Waals surface area contributed by atoms with Crippen molar-refractivity contribution in [3.63, 3.8) is 0 Å². The van der Waals surface area contributed by atoms with Crippen molar-refractivity contribution in [2.24, 2.45) is 0 Å². The van der Waals surface area contributed by atoms with Crippen LogP contribution in [0, 0.1) is 0 Å². The summed E-state index contributed by atoms with van der Waals surface area (Å²) in [5.74, 6) is 1.55. The summed E-state index contributed by atoms with van der Waals surface area (Å²) in [5.41, 5.74) is 0.711. The van der Waals surface area contributed by atoms with Crippen molar-refractivity contribution >= 4 is 17.4 Å². The number of benzene rings is 1. The third-order valence-corrected chi connectivity index (χ3v) is 2.32. The fourth-order valence-corrected chi connectivity index (χ4v) is 1.36. The highest BCUT2D eigenvalue weighted by Gasteiger charge is 1.99. The first-order valence-electron chi connectivity index (χ1n) is 5.04. The quantitative estimate of drug-likeness (QED) is 0.423.